The van der Waals surface area contributed by atoms with Gasteiger partial charge < -0.3 is 15.0 Å². The Morgan fingerprint density at radius 1 is 1.44 bits per heavy atom. The van der Waals surface area contributed by atoms with Crippen LogP contribution in [0.15, 0.2) is 41.1 Å². The maximum atomic E-state index is 11.9. The largest absolute Gasteiger partial charge is 0.496 e. The predicted molar refractivity (Wildman–Crippen MR) is 72.7 cm³/mol. The van der Waals surface area contributed by atoms with Crippen molar-refractivity contribution in [1.29, 1.82) is 0 Å². The monoisotopic (exact) mass is 308 g/mol. The molecule has 2 N–H and O–H groups in total. The highest BCUT2D eigenvalue weighted by Gasteiger charge is 2.08. The van der Waals surface area contributed by atoms with E-state index in [2.05, 4.69) is 26.2 Å². The van der Waals surface area contributed by atoms with Gasteiger partial charge in [0, 0.05) is 24.5 Å². The Balaban J connectivity index is 2.02. The summed E-state index contributed by atoms with van der Waals surface area (Å²) < 4.78 is 5.88. The molecule has 4 nitrogen and oxygen atoms in total. The highest BCUT2D eigenvalue weighted by molar-refractivity contribution is 9.10. The van der Waals surface area contributed by atoms with E-state index < -0.39 is 0 Å². The number of carbonyl (C=O) groups excluding carboxylic acids is 1. The van der Waals surface area contributed by atoms with Gasteiger partial charge in [-0.3, -0.25) is 4.79 Å². The second kappa shape index (κ2) is 5.73. The Hall–Kier alpha value is -1.75. The molecule has 0 bridgehead atoms. The highest BCUT2D eigenvalue weighted by Crippen LogP contribution is 2.25. The van der Waals surface area contributed by atoms with Gasteiger partial charge in [-0.05, 0) is 45.8 Å². The fourth-order valence-corrected chi connectivity index (χ4v) is 2.10. The maximum Gasteiger partial charge on any atom is 0.251 e. The average Bonchev–Trinajstić information content (AvgIpc) is 2.89. The molecular formula is C13H13BrN2O2. The van der Waals surface area contributed by atoms with Gasteiger partial charge in [-0.25, -0.2) is 0 Å². The van der Waals surface area contributed by atoms with Crippen LogP contribution in [-0.4, -0.2) is 18.0 Å². The Labute approximate surface area is 113 Å². The Kier molecular flexibility index (Phi) is 4.04. The summed E-state index contributed by atoms with van der Waals surface area (Å²) in [6, 6.07) is 7.15. The standard InChI is InChI=1S/C13H13BrN2O2/c1-18-12-3-2-10(6-11(12)14)13(17)16-8-9-4-5-15-7-9/h2-7,15H,8H2,1H3,(H,16,17). The van der Waals surface area contributed by atoms with E-state index in [9.17, 15) is 4.79 Å². The summed E-state index contributed by atoms with van der Waals surface area (Å²) >= 11 is 3.36. The second-order valence-corrected chi connectivity index (χ2v) is 4.61. The van der Waals surface area contributed by atoms with Crippen LogP contribution in [0.2, 0.25) is 0 Å². The number of hydrogen-bond acceptors (Lipinski definition) is 2. The molecule has 2 aromatic rings. The fraction of sp³-hybridized carbons (Fsp3) is 0.154. The smallest absolute Gasteiger partial charge is 0.251 e. The molecule has 0 aliphatic heterocycles. The maximum absolute atomic E-state index is 11.9. The Morgan fingerprint density at radius 3 is 2.89 bits per heavy atom. The molecule has 0 aliphatic rings. The van der Waals surface area contributed by atoms with Gasteiger partial charge in [0.05, 0.1) is 11.6 Å². The lowest BCUT2D eigenvalue weighted by Gasteiger charge is -2.07. The summed E-state index contributed by atoms with van der Waals surface area (Å²) in [7, 11) is 1.59. The highest BCUT2D eigenvalue weighted by atomic mass is 79.9. The molecule has 1 amide bonds. The molecule has 0 aliphatic carbocycles. The molecular weight excluding hydrogens is 296 g/mol. The molecule has 0 fully saturated rings. The Morgan fingerprint density at radius 2 is 2.28 bits per heavy atom. The summed E-state index contributed by atoms with van der Waals surface area (Å²) in [5, 5.41) is 2.85. The molecule has 0 saturated heterocycles. The number of rotatable bonds is 4. The average molecular weight is 309 g/mol. The van der Waals surface area contributed by atoms with Gasteiger partial charge in [-0.2, -0.15) is 0 Å². The zero-order chi connectivity index (χ0) is 13.0. The number of nitrogens with one attached hydrogen (secondary N) is 2. The molecule has 0 spiro atoms. The van der Waals surface area contributed by atoms with Gasteiger partial charge in [-0.1, -0.05) is 0 Å². The molecule has 0 unspecified atom stereocenters. The molecule has 0 atom stereocenters. The zero-order valence-electron chi connectivity index (χ0n) is 9.87. The van der Waals surface area contributed by atoms with E-state index in [4.69, 9.17) is 4.74 Å². The normalized spacial score (nSPS) is 10.1. The lowest BCUT2D eigenvalue weighted by atomic mass is 10.2. The fourth-order valence-electron chi connectivity index (χ4n) is 1.56. The number of amides is 1. The molecule has 1 aromatic heterocycles. The quantitative estimate of drug-likeness (QED) is 0.912. The number of hydrogen-bond donors (Lipinski definition) is 2. The van der Waals surface area contributed by atoms with Gasteiger partial charge >= 0.3 is 0 Å². The third-order valence-electron chi connectivity index (χ3n) is 2.53. The van der Waals surface area contributed by atoms with Gasteiger partial charge in [0.2, 0.25) is 0 Å². The van der Waals surface area contributed by atoms with Crippen molar-refractivity contribution in [1.82, 2.24) is 10.3 Å². The molecule has 5 heteroatoms. The van der Waals surface area contributed by atoms with Crippen LogP contribution in [0.5, 0.6) is 5.75 Å². The molecule has 18 heavy (non-hydrogen) atoms. The van der Waals surface area contributed by atoms with E-state index in [1.165, 1.54) is 0 Å². The molecule has 0 radical (unpaired) electrons. The predicted octanol–water partition coefficient (Wildman–Crippen LogP) is 2.72. The van der Waals surface area contributed by atoms with Crippen LogP contribution in [0, 0.1) is 0 Å². The first-order chi connectivity index (χ1) is 8.70. The van der Waals surface area contributed by atoms with Crippen molar-refractivity contribution in [2.24, 2.45) is 0 Å². The second-order valence-electron chi connectivity index (χ2n) is 3.75. The van der Waals surface area contributed by atoms with Gasteiger partial charge in [0.1, 0.15) is 5.75 Å². The Bertz CT molecular complexity index is 538. The first kappa shape index (κ1) is 12.7. The van der Waals surface area contributed by atoms with E-state index in [0.717, 1.165) is 10.0 Å². The molecule has 94 valence electrons. The summed E-state index contributed by atoms with van der Waals surface area (Å²) in [6.07, 6.45) is 3.68. The minimum Gasteiger partial charge on any atom is -0.496 e. The number of aromatic nitrogens is 1. The van der Waals surface area contributed by atoms with Crippen LogP contribution in [0.4, 0.5) is 0 Å². The molecule has 0 saturated carbocycles. The van der Waals surface area contributed by atoms with Crippen molar-refractivity contribution in [2.45, 2.75) is 6.54 Å². The number of carbonyl (C=O) groups is 1. The number of halogens is 1. The third-order valence-corrected chi connectivity index (χ3v) is 3.15. The SMILES string of the molecule is COc1ccc(C(=O)NCc2cc[nH]c2)cc1Br. The van der Waals surface area contributed by atoms with E-state index in [0.29, 0.717) is 17.9 Å². The van der Waals surface area contributed by atoms with Crippen molar-refractivity contribution in [3.8, 4) is 5.75 Å². The van der Waals surface area contributed by atoms with Crippen LogP contribution < -0.4 is 10.1 Å². The number of ether oxygens (including phenoxy) is 1. The van der Waals surface area contributed by atoms with Crippen molar-refractivity contribution in [3.63, 3.8) is 0 Å². The minimum atomic E-state index is -0.112. The van der Waals surface area contributed by atoms with Gasteiger partial charge in [0.25, 0.3) is 5.91 Å². The number of H-pyrrole nitrogens is 1. The molecule has 2 rings (SSSR count). The summed E-state index contributed by atoms with van der Waals surface area (Å²) in [5.74, 6) is 0.594. The van der Waals surface area contributed by atoms with E-state index in [1.807, 2.05) is 18.5 Å². The number of benzene rings is 1. The first-order valence-corrected chi connectivity index (χ1v) is 6.23. The topological polar surface area (TPSA) is 54.1 Å². The van der Waals surface area contributed by atoms with E-state index in [-0.39, 0.29) is 5.91 Å². The zero-order valence-corrected chi connectivity index (χ0v) is 11.5. The lowest BCUT2D eigenvalue weighted by Crippen LogP contribution is -2.22. The van der Waals surface area contributed by atoms with Crippen LogP contribution >= 0.6 is 15.9 Å². The third kappa shape index (κ3) is 2.92. The van der Waals surface area contributed by atoms with E-state index in [1.54, 1.807) is 25.3 Å². The van der Waals surface area contributed by atoms with Crippen LogP contribution in [0.25, 0.3) is 0 Å². The van der Waals surface area contributed by atoms with E-state index >= 15 is 0 Å². The van der Waals surface area contributed by atoms with Crippen molar-refractivity contribution < 1.29 is 9.53 Å². The first-order valence-electron chi connectivity index (χ1n) is 5.44. The minimum absolute atomic E-state index is 0.112. The van der Waals surface area contributed by atoms with Crippen molar-refractivity contribution in [2.75, 3.05) is 7.11 Å². The summed E-state index contributed by atoms with van der Waals surface area (Å²) in [4.78, 5) is 14.9. The van der Waals surface area contributed by atoms with Crippen molar-refractivity contribution >= 4 is 21.8 Å². The van der Waals surface area contributed by atoms with Gasteiger partial charge in [0.15, 0.2) is 0 Å². The molecule has 1 heterocycles. The lowest BCUT2D eigenvalue weighted by molar-refractivity contribution is 0.0951. The van der Waals surface area contributed by atoms with Crippen LogP contribution in [0.3, 0.4) is 0 Å². The summed E-state index contributed by atoms with van der Waals surface area (Å²) in [6.45, 7) is 0.506. The number of aromatic amines is 1. The van der Waals surface area contributed by atoms with Crippen LogP contribution in [0.1, 0.15) is 15.9 Å². The summed E-state index contributed by atoms with van der Waals surface area (Å²) in [5.41, 5.74) is 1.63. The van der Waals surface area contributed by atoms with Gasteiger partial charge in [-0.15, -0.1) is 0 Å². The van der Waals surface area contributed by atoms with Crippen molar-refractivity contribution in [3.05, 3.63) is 52.3 Å². The van der Waals surface area contributed by atoms with Crippen LogP contribution in [-0.2, 0) is 6.54 Å². The molecule has 1 aromatic carbocycles. The number of methoxy groups -OCH3 is 1.